The van der Waals surface area contributed by atoms with E-state index in [4.69, 9.17) is 4.84 Å². The van der Waals surface area contributed by atoms with Gasteiger partial charge in [-0.3, -0.25) is 0 Å². The fourth-order valence-electron chi connectivity index (χ4n) is 1.66. The van der Waals surface area contributed by atoms with Gasteiger partial charge < -0.3 is 4.84 Å². The Labute approximate surface area is 97.7 Å². The molecule has 2 heterocycles. The molecular weight excluding hydrogens is 218 g/mol. The molecular formula is C13H11NOS. The second-order valence-corrected chi connectivity index (χ2v) is 4.63. The Bertz CT molecular complexity index is 550. The summed E-state index contributed by atoms with van der Waals surface area (Å²) in [6, 6.07) is 12.3. The van der Waals surface area contributed by atoms with E-state index < -0.39 is 0 Å². The lowest BCUT2D eigenvalue weighted by atomic mass is 10.2. The minimum absolute atomic E-state index is 0.624. The molecule has 2 aromatic heterocycles. The first-order chi connectivity index (χ1) is 7.92. The molecule has 1 aromatic carbocycles. The molecule has 0 aliphatic rings. The number of thiophene rings is 1. The van der Waals surface area contributed by atoms with E-state index in [0.29, 0.717) is 6.61 Å². The minimum atomic E-state index is 0.624. The summed E-state index contributed by atoms with van der Waals surface area (Å²) in [5, 5.41) is 4.47. The molecule has 0 saturated carbocycles. The van der Waals surface area contributed by atoms with Gasteiger partial charge in [0.1, 0.15) is 6.61 Å². The van der Waals surface area contributed by atoms with Crippen molar-refractivity contribution in [3.8, 4) is 0 Å². The fraction of sp³-hybridized carbons (Fsp3) is 0.0769. The van der Waals surface area contributed by atoms with Gasteiger partial charge in [-0.1, -0.05) is 30.3 Å². The molecule has 0 amide bonds. The van der Waals surface area contributed by atoms with Crippen LogP contribution in [0.25, 0.3) is 10.8 Å². The maximum Gasteiger partial charge on any atom is 0.149 e. The highest BCUT2D eigenvalue weighted by Gasteiger charge is 1.99. The topological polar surface area (TPSA) is 14.2 Å². The third-order valence-corrected chi connectivity index (χ3v) is 3.31. The van der Waals surface area contributed by atoms with Gasteiger partial charge in [0.25, 0.3) is 0 Å². The van der Waals surface area contributed by atoms with Crippen LogP contribution in [0.2, 0.25) is 0 Å². The van der Waals surface area contributed by atoms with E-state index in [0.717, 1.165) is 0 Å². The van der Waals surface area contributed by atoms with Gasteiger partial charge in [0, 0.05) is 15.6 Å². The summed E-state index contributed by atoms with van der Waals surface area (Å²) in [5.74, 6) is 0. The van der Waals surface area contributed by atoms with Crippen molar-refractivity contribution in [2.24, 2.45) is 0 Å². The van der Waals surface area contributed by atoms with Gasteiger partial charge in [-0.2, -0.15) is 4.73 Å². The van der Waals surface area contributed by atoms with Crippen molar-refractivity contribution in [2.45, 2.75) is 6.61 Å². The van der Waals surface area contributed by atoms with E-state index in [1.807, 2.05) is 30.6 Å². The molecule has 0 aliphatic heterocycles. The van der Waals surface area contributed by atoms with Gasteiger partial charge in [0.2, 0.25) is 0 Å². The predicted molar refractivity (Wildman–Crippen MR) is 66.5 cm³/mol. The average molecular weight is 229 g/mol. The standard InChI is InChI=1S/C13H11NOS/c1-2-5-12-9-14(8-11(12)4-1)15-10-13-6-3-7-16-13/h1-9H,10H2. The maximum absolute atomic E-state index is 5.66. The highest BCUT2D eigenvalue weighted by Crippen LogP contribution is 2.14. The van der Waals surface area contributed by atoms with Crippen LogP contribution in [-0.2, 0) is 6.61 Å². The summed E-state index contributed by atoms with van der Waals surface area (Å²) < 4.78 is 1.78. The SMILES string of the molecule is c1csc(COn2cc3ccccc3c2)c1. The number of rotatable bonds is 3. The van der Waals surface area contributed by atoms with Crippen LogP contribution >= 0.6 is 11.3 Å². The third kappa shape index (κ3) is 1.82. The van der Waals surface area contributed by atoms with Crippen LogP contribution in [-0.4, -0.2) is 4.73 Å². The first kappa shape index (κ1) is 9.48. The smallest absolute Gasteiger partial charge is 0.149 e. The van der Waals surface area contributed by atoms with Gasteiger partial charge in [-0.05, 0) is 11.4 Å². The quantitative estimate of drug-likeness (QED) is 0.672. The number of fused-ring (bicyclic) bond motifs is 1. The molecule has 0 N–H and O–H groups in total. The zero-order valence-electron chi connectivity index (χ0n) is 8.67. The van der Waals surface area contributed by atoms with Gasteiger partial charge >= 0.3 is 0 Å². The number of hydrogen-bond acceptors (Lipinski definition) is 2. The first-order valence-electron chi connectivity index (χ1n) is 5.14. The van der Waals surface area contributed by atoms with Gasteiger partial charge in [-0.25, -0.2) is 0 Å². The number of hydrogen-bond donors (Lipinski definition) is 0. The van der Waals surface area contributed by atoms with Gasteiger partial charge in [0.05, 0.1) is 12.4 Å². The number of aromatic nitrogens is 1. The third-order valence-electron chi connectivity index (χ3n) is 2.46. The van der Waals surface area contributed by atoms with Crippen LogP contribution in [0.3, 0.4) is 0 Å². The van der Waals surface area contributed by atoms with Crippen LogP contribution in [0.15, 0.2) is 54.2 Å². The molecule has 0 spiro atoms. The van der Waals surface area contributed by atoms with E-state index in [1.165, 1.54) is 15.6 Å². The molecule has 0 aliphatic carbocycles. The van der Waals surface area contributed by atoms with Crippen molar-refractivity contribution in [3.63, 3.8) is 0 Å². The molecule has 0 atom stereocenters. The van der Waals surface area contributed by atoms with Crippen molar-refractivity contribution in [2.75, 3.05) is 0 Å². The van der Waals surface area contributed by atoms with E-state index in [1.54, 1.807) is 16.1 Å². The van der Waals surface area contributed by atoms with Crippen LogP contribution in [0.1, 0.15) is 4.88 Å². The normalized spacial score (nSPS) is 10.8. The molecule has 16 heavy (non-hydrogen) atoms. The second-order valence-electron chi connectivity index (χ2n) is 3.60. The van der Waals surface area contributed by atoms with Crippen molar-refractivity contribution >= 4 is 22.1 Å². The lowest BCUT2D eigenvalue weighted by Gasteiger charge is -2.03. The van der Waals surface area contributed by atoms with Crippen LogP contribution in [0, 0.1) is 0 Å². The summed E-state index contributed by atoms with van der Waals surface area (Å²) in [4.78, 5) is 6.90. The lowest BCUT2D eigenvalue weighted by Crippen LogP contribution is -2.07. The number of benzene rings is 1. The Hall–Kier alpha value is -1.74. The summed E-state index contributed by atoms with van der Waals surface area (Å²) in [6.07, 6.45) is 4.01. The molecule has 3 aromatic rings. The molecule has 3 rings (SSSR count). The highest BCUT2D eigenvalue weighted by molar-refractivity contribution is 7.09. The molecule has 80 valence electrons. The van der Waals surface area contributed by atoms with Crippen LogP contribution in [0.5, 0.6) is 0 Å². The molecule has 3 heteroatoms. The van der Waals surface area contributed by atoms with Crippen LogP contribution < -0.4 is 4.84 Å². The summed E-state index contributed by atoms with van der Waals surface area (Å²) >= 11 is 1.71. The summed E-state index contributed by atoms with van der Waals surface area (Å²) in [5.41, 5.74) is 0. The monoisotopic (exact) mass is 229 g/mol. The Morgan fingerprint density at radius 2 is 1.75 bits per heavy atom. The van der Waals surface area contributed by atoms with E-state index in [9.17, 15) is 0 Å². The Morgan fingerprint density at radius 3 is 2.38 bits per heavy atom. The second kappa shape index (κ2) is 4.02. The van der Waals surface area contributed by atoms with Crippen LogP contribution in [0.4, 0.5) is 0 Å². The largest absolute Gasteiger partial charge is 0.409 e. The average Bonchev–Trinajstić information content (AvgIpc) is 2.95. The van der Waals surface area contributed by atoms with Gasteiger partial charge in [0.15, 0.2) is 0 Å². The summed E-state index contributed by atoms with van der Waals surface area (Å²) in [6.45, 7) is 0.624. The zero-order valence-corrected chi connectivity index (χ0v) is 9.48. The molecule has 0 bridgehead atoms. The van der Waals surface area contributed by atoms with Crippen molar-refractivity contribution in [1.82, 2.24) is 4.73 Å². The van der Waals surface area contributed by atoms with Crippen molar-refractivity contribution < 1.29 is 4.84 Å². The van der Waals surface area contributed by atoms with Crippen molar-refractivity contribution in [1.29, 1.82) is 0 Å². The molecule has 0 radical (unpaired) electrons. The minimum Gasteiger partial charge on any atom is -0.409 e. The molecule has 0 fully saturated rings. The Kier molecular flexibility index (Phi) is 2.38. The van der Waals surface area contributed by atoms with Gasteiger partial charge in [-0.15, -0.1) is 11.3 Å². The lowest BCUT2D eigenvalue weighted by molar-refractivity contribution is 0.101. The Balaban J connectivity index is 1.79. The molecule has 2 nitrogen and oxygen atoms in total. The first-order valence-corrected chi connectivity index (χ1v) is 6.02. The predicted octanol–water partition coefficient (Wildman–Crippen LogP) is 3.33. The summed E-state index contributed by atoms with van der Waals surface area (Å²) in [7, 11) is 0. The molecule has 0 unspecified atom stereocenters. The van der Waals surface area contributed by atoms with Crippen molar-refractivity contribution in [3.05, 3.63) is 59.0 Å². The highest BCUT2D eigenvalue weighted by atomic mass is 32.1. The molecule has 0 saturated heterocycles. The number of nitrogens with zero attached hydrogens (tertiary/aromatic N) is 1. The van der Waals surface area contributed by atoms with E-state index in [-0.39, 0.29) is 0 Å². The maximum atomic E-state index is 5.66. The zero-order chi connectivity index (χ0) is 10.8. The fourth-order valence-corrected chi connectivity index (χ4v) is 2.27. The van der Waals surface area contributed by atoms with E-state index in [2.05, 4.69) is 23.6 Å². The van der Waals surface area contributed by atoms with E-state index >= 15 is 0 Å². The Morgan fingerprint density at radius 1 is 1.00 bits per heavy atom.